The summed E-state index contributed by atoms with van der Waals surface area (Å²) in [5, 5.41) is 5.05. The minimum absolute atomic E-state index is 1.05. The molecule has 9 aromatic rings. The Hall–Kier alpha value is -5.38. The second-order valence-electron chi connectivity index (χ2n) is 11.5. The second-order valence-corrected chi connectivity index (χ2v) is 12.4. The number of fused-ring (bicyclic) bond motifs is 6. The first kappa shape index (κ1) is 26.1. The maximum Gasteiger partial charge on any atom is 0.0541 e. The lowest BCUT2D eigenvalue weighted by molar-refractivity contribution is 1.18. The van der Waals surface area contributed by atoms with E-state index in [1.807, 2.05) is 0 Å². The van der Waals surface area contributed by atoms with E-state index in [1.165, 1.54) is 54.7 Å². The van der Waals surface area contributed by atoms with E-state index >= 15 is 0 Å². The van der Waals surface area contributed by atoms with Gasteiger partial charge >= 0.3 is 0 Å². The lowest BCUT2D eigenvalue weighted by Gasteiger charge is -2.17. The summed E-state index contributed by atoms with van der Waals surface area (Å²) in [7, 11) is 0. The van der Waals surface area contributed by atoms with Crippen molar-refractivity contribution in [2.45, 2.75) is 0 Å². The van der Waals surface area contributed by atoms with Crippen molar-refractivity contribution < 1.29 is 0 Å². The topological polar surface area (TPSA) is 9.86 Å². The van der Waals surface area contributed by atoms with E-state index in [4.69, 9.17) is 0 Å². The summed E-state index contributed by atoms with van der Waals surface area (Å²) < 4.78 is 5.86. The lowest BCUT2D eigenvalue weighted by Crippen LogP contribution is -1.98. The van der Waals surface area contributed by atoms with Gasteiger partial charge in [0.15, 0.2) is 0 Å². The van der Waals surface area contributed by atoms with Gasteiger partial charge in [-0.05, 0) is 65.7 Å². The van der Waals surface area contributed by atoms with E-state index in [-0.39, 0.29) is 0 Å². The summed E-state index contributed by atoms with van der Waals surface area (Å²) >= 11 is 3.90. The van der Waals surface area contributed by atoms with Crippen molar-refractivity contribution in [3.05, 3.63) is 168 Å². The third kappa shape index (κ3) is 4.08. The monoisotopic (exact) mass is 638 g/mol. The van der Waals surface area contributed by atoms with Crippen LogP contribution in [-0.2, 0) is 0 Å². The lowest BCUT2D eigenvalue weighted by atomic mass is 9.96. The van der Waals surface area contributed by atoms with E-state index in [9.17, 15) is 0 Å². The molecule has 0 saturated heterocycles. The van der Waals surface area contributed by atoms with E-state index in [0.29, 0.717) is 0 Å². The van der Waals surface area contributed by atoms with Crippen LogP contribution in [0.2, 0.25) is 0 Å². The highest BCUT2D eigenvalue weighted by molar-refractivity contribution is 9.10. The second kappa shape index (κ2) is 10.4. The Morgan fingerprint density at radius 1 is 0.333 bits per heavy atom. The molecule has 0 N–H and O–H groups in total. The van der Waals surface area contributed by atoms with Crippen molar-refractivity contribution in [3.63, 3.8) is 0 Å². The van der Waals surface area contributed by atoms with Gasteiger partial charge in [0, 0.05) is 37.1 Å². The summed E-state index contributed by atoms with van der Waals surface area (Å²) in [5.41, 5.74) is 11.8. The van der Waals surface area contributed by atoms with Crippen LogP contribution < -0.4 is 0 Å². The van der Waals surface area contributed by atoms with Crippen LogP contribution in [-0.4, -0.2) is 9.13 Å². The Balaban J connectivity index is 1.28. The van der Waals surface area contributed by atoms with Gasteiger partial charge in [0.1, 0.15) is 0 Å². The molecule has 0 aliphatic heterocycles. The molecule has 2 aromatic heterocycles. The van der Waals surface area contributed by atoms with Gasteiger partial charge in [-0.15, -0.1) is 0 Å². The van der Waals surface area contributed by atoms with Gasteiger partial charge in [0.05, 0.1) is 33.4 Å². The van der Waals surface area contributed by atoms with Gasteiger partial charge in [-0.25, -0.2) is 0 Å². The number of halogens is 1. The van der Waals surface area contributed by atoms with Crippen molar-refractivity contribution in [1.82, 2.24) is 9.13 Å². The summed E-state index contributed by atoms with van der Waals surface area (Å²) in [6, 6.07) is 59.1. The van der Waals surface area contributed by atoms with Crippen LogP contribution in [0, 0.1) is 0 Å². The van der Waals surface area contributed by atoms with Crippen LogP contribution in [0.5, 0.6) is 0 Å². The van der Waals surface area contributed by atoms with Gasteiger partial charge in [-0.1, -0.05) is 125 Å². The zero-order valence-electron chi connectivity index (χ0n) is 24.4. The van der Waals surface area contributed by atoms with Crippen LogP contribution >= 0.6 is 15.9 Å². The van der Waals surface area contributed by atoms with E-state index < -0.39 is 0 Å². The minimum atomic E-state index is 1.05. The SMILES string of the molecule is Brc1cc(-c2ccccc2-n2c3ccccc3c3ccccc32)cc(-c2ccccc2-n2c3ccccc3c3ccccc32)c1. The average molecular weight is 640 g/mol. The van der Waals surface area contributed by atoms with Crippen LogP contribution in [0.25, 0.3) is 77.2 Å². The predicted octanol–water partition coefficient (Wildman–Crippen LogP) is 12.0. The molecule has 212 valence electrons. The largest absolute Gasteiger partial charge is 0.309 e. The average Bonchev–Trinajstić information content (AvgIpc) is 3.61. The number of hydrogen-bond donors (Lipinski definition) is 0. The number of hydrogen-bond acceptors (Lipinski definition) is 0. The third-order valence-corrected chi connectivity index (χ3v) is 9.43. The van der Waals surface area contributed by atoms with Gasteiger partial charge < -0.3 is 9.13 Å². The molecule has 0 aliphatic carbocycles. The Labute approximate surface area is 269 Å². The zero-order valence-corrected chi connectivity index (χ0v) is 25.9. The van der Waals surface area contributed by atoms with Gasteiger partial charge in [-0.2, -0.15) is 0 Å². The summed E-state index contributed by atoms with van der Waals surface area (Å²) in [4.78, 5) is 0. The first-order valence-electron chi connectivity index (χ1n) is 15.2. The Morgan fingerprint density at radius 3 is 1.02 bits per heavy atom. The molecule has 3 heteroatoms. The van der Waals surface area contributed by atoms with Gasteiger partial charge in [0.25, 0.3) is 0 Å². The summed E-state index contributed by atoms with van der Waals surface area (Å²) in [6.45, 7) is 0. The molecule has 0 aliphatic rings. The third-order valence-electron chi connectivity index (χ3n) is 8.97. The van der Waals surface area contributed by atoms with E-state index in [2.05, 4.69) is 189 Å². The highest BCUT2D eigenvalue weighted by atomic mass is 79.9. The molecular weight excluding hydrogens is 612 g/mol. The molecule has 0 fully saturated rings. The van der Waals surface area contributed by atoms with Crippen LogP contribution in [0.3, 0.4) is 0 Å². The summed E-state index contributed by atoms with van der Waals surface area (Å²) in [6.07, 6.45) is 0. The van der Waals surface area contributed by atoms with Crippen molar-refractivity contribution in [2.75, 3.05) is 0 Å². The fourth-order valence-corrected chi connectivity index (χ4v) is 7.58. The van der Waals surface area contributed by atoms with Crippen molar-refractivity contribution in [2.24, 2.45) is 0 Å². The zero-order chi connectivity index (χ0) is 29.9. The molecule has 0 atom stereocenters. The fraction of sp³-hybridized carbons (Fsp3) is 0. The Morgan fingerprint density at radius 2 is 0.644 bits per heavy atom. The molecule has 0 bridgehead atoms. The quantitative estimate of drug-likeness (QED) is 0.181. The molecule has 0 saturated carbocycles. The first-order chi connectivity index (χ1) is 22.3. The number of aromatic nitrogens is 2. The molecular formula is C42H27BrN2. The van der Waals surface area contributed by atoms with E-state index in [1.54, 1.807) is 0 Å². The van der Waals surface area contributed by atoms with Gasteiger partial charge in [0.2, 0.25) is 0 Å². The molecule has 0 unspecified atom stereocenters. The Bertz CT molecular complexity index is 2290. The minimum Gasteiger partial charge on any atom is -0.309 e. The normalized spacial score (nSPS) is 11.7. The molecule has 45 heavy (non-hydrogen) atoms. The number of benzene rings is 7. The highest BCUT2D eigenvalue weighted by Crippen LogP contribution is 2.40. The molecule has 0 amide bonds. The Kier molecular flexibility index (Phi) is 6.00. The molecule has 0 spiro atoms. The maximum atomic E-state index is 3.90. The molecule has 2 nitrogen and oxygen atoms in total. The fourth-order valence-electron chi connectivity index (χ4n) is 7.09. The van der Waals surface area contributed by atoms with Crippen LogP contribution in [0.4, 0.5) is 0 Å². The number of para-hydroxylation sites is 6. The molecule has 9 rings (SSSR count). The van der Waals surface area contributed by atoms with Crippen LogP contribution in [0.1, 0.15) is 0 Å². The first-order valence-corrected chi connectivity index (χ1v) is 16.0. The standard InChI is InChI=1S/C42H27BrN2/c43-30-26-28(31-13-1-7-19-37(31)44-39-21-9-3-15-33(39)34-16-4-10-22-40(34)44)25-29(27-30)32-14-2-8-20-38(32)45-41-23-11-5-17-35(41)36-18-6-12-24-42(36)45/h1-27H. The summed E-state index contributed by atoms with van der Waals surface area (Å²) in [5.74, 6) is 0. The van der Waals surface area contributed by atoms with Crippen LogP contribution in [0.15, 0.2) is 168 Å². The number of rotatable bonds is 4. The molecule has 2 heterocycles. The van der Waals surface area contributed by atoms with Crippen molar-refractivity contribution in [1.29, 1.82) is 0 Å². The van der Waals surface area contributed by atoms with Crippen molar-refractivity contribution in [3.8, 4) is 33.6 Å². The maximum absolute atomic E-state index is 3.90. The van der Waals surface area contributed by atoms with E-state index in [0.717, 1.165) is 27.0 Å². The smallest absolute Gasteiger partial charge is 0.0541 e. The number of nitrogens with zero attached hydrogens (tertiary/aromatic N) is 2. The predicted molar refractivity (Wildman–Crippen MR) is 194 cm³/mol. The molecule has 7 aromatic carbocycles. The van der Waals surface area contributed by atoms with Crippen molar-refractivity contribution >= 4 is 59.5 Å². The molecule has 0 radical (unpaired) electrons. The highest BCUT2D eigenvalue weighted by Gasteiger charge is 2.18. The van der Waals surface area contributed by atoms with Gasteiger partial charge in [-0.3, -0.25) is 0 Å².